The molecule has 0 unspecified atom stereocenters. The molecule has 0 bridgehead atoms. The lowest BCUT2D eigenvalue weighted by atomic mass is 10.0. The summed E-state index contributed by atoms with van der Waals surface area (Å²) >= 11 is 0. The van der Waals surface area contributed by atoms with Gasteiger partial charge in [0, 0.05) is 12.1 Å². The molecule has 0 atom stereocenters. The minimum absolute atomic E-state index is 0.0927. The Hall–Kier alpha value is -2.87. The number of nitrogens with one attached hydrogen (secondary N) is 1. The molecular weight excluding hydrogens is 414 g/mol. The van der Waals surface area contributed by atoms with Crippen molar-refractivity contribution in [2.75, 3.05) is 5.32 Å². The van der Waals surface area contributed by atoms with Gasteiger partial charge in [-0.1, -0.05) is 112 Å². The van der Waals surface area contributed by atoms with Crippen molar-refractivity contribution in [2.24, 2.45) is 0 Å². The average Bonchev–Trinajstić information content (AvgIpc) is 2.85. The summed E-state index contributed by atoms with van der Waals surface area (Å²) in [6, 6.07) is 6.27. The van der Waals surface area contributed by atoms with Crippen molar-refractivity contribution in [3.05, 3.63) is 102 Å². The number of anilines is 1. The van der Waals surface area contributed by atoms with Crippen LogP contribution >= 0.6 is 0 Å². The Kier molecular flexibility index (Phi) is 17.8. The Balaban J connectivity index is 2.14. The second-order valence-electron chi connectivity index (χ2n) is 8.16. The van der Waals surface area contributed by atoms with E-state index in [4.69, 9.17) is 0 Å². The number of allylic oxidation sites excluding steroid dienone is 12. The standard InChI is InChI=1S/C32H45NO/c1-4-7-8-9-10-11-12-13-14-15-16-17-18-19-20-21-22-23-24-28-31(34)33-32-29(5-2)26-25-27-30(32)6-3/h7-8,10-11,13-14,16-17,19-20,22-23,25-27H,4-6,9,12,15,18,21,24,28H2,1-3H3,(H,33,34). The smallest absolute Gasteiger partial charge is 0.224 e. The van der Waals surface area contributed by atoms with Crippen molar-refractivity contribution in [1.29, 1.82) is 0 Å². The van der Waals surface area contributed by atoms with Crippen LogP contribution in [-0.2, 0) is 17.6 Å². The van der Waals surface area contributed by atoms with Gasteiger partial charge in [-0.15, -0.1) is 0 Å². The lowest BCUT2D eigenvalue weighted by Gasteiger charge is -2.14. The van der Waals surface area contributed by atoms with Crippen LogP contribution in [0, 0.1) is 0 Å². The summed E-state index contributed by atoms with van der Waals surface area (Å²) in [4.78, 5) is 12.4. The molecule has 0 aliphatic carbocycles. The van der Waals surface area contributed by atoms with E-state index >= 15 is 0 Å². The maximum absolute atomic E-state index is 12.4. The van der Waals surface area contributed by atoms with Crippen molar-refractivity contribution < 1.29 is 4.79 Å². The topological polar surface area (TPSA) is 29.1 Å². The fourth-order valence-electron chi connectivity index (χ4n) is 3.46. The lowest BCUT2D eigenvalue weighted by Crippen LogP contribution is -2.14. The van der Waals surface area contributed by atoms with E-state index in [-0.39, 0.29) is 5.91 Å². The quantitative estimate of drug-likeness (QED) is 0.231. The number of hydrogen-bond acceptors (Lipinski definition) is 1. The van der Waals surface area contributed by atoms with E-state index in [2.05, 4.69) is 117 Å². The highest BCUT2D eigenvalue weighted by molar-refractivity contribution is 5.92. The molecule has 34 heavy (non-hydrogen) atoms. The van der Waals surface area contributed by atoms with Crippen LogP contribution in [0.15, 0.2) is 91.1 Å². The Labute approximate surface area is 208 Å². The van der Waals surface area contributed by atoms with Gasteiger partial charge in [-0.3, -0.25) is 4.79 Å². The van der Waals surface area contributed by atoms with Gasteiger partial charge in [-0.25, -0.2) is 0 Å². The molecule has 184 valence electrons. The van der Waals surface area contributed by atoms with Gasteiger partial charge >= 0.3 is 0 Å². The van der Waals surface area contributed by atoms with Gasteiger partial charge in [-0.05, 0) is 68.9 Å². The molecule has 0 saturated carbocycles. The van der Waals surface area contributed by atoms with Crippen molar-refractivity contribution in [3.8, 4) is 0 Å². The molecule has 0 saturated heterocycles. The summed E-state index contributed by atoms with van der Waals surface area (Å²) in [6.07, 6.45) is 35.5. The number of hydrogen-bond donors (Lipinski definition) is 1. The Morgan fingerprint density at radius 3 is 1.47 bits per heavy atom. The van der Waals surface area contributed by atoms with E-state index in [9.17, 15) is 4.79 Å². The third-order valence-electron chi connectivity index (χ3n) is 5.40. The molecule has 0 aliphatic rings. The van der Waals surface area contributed by atoms with Crippen LogP contribution in [0.5, 0.6) is 0 Å². The van der Waals surface area contributed by atoms with Crippen LogP contribution in [0.2, 0.25) is 0 Å². The molecule has 0 aliphatic heterocycles. The number of para-hydroxylation sites is 1. The summed E-state index contributed by atoms with van der Waals surface area (Å²) in [6.45, 7) is 6.41. The first-order valence-electron chi connectivity index (χ1n) is 13.0. The van der Waals surface area contributed by atoms with Crippen LogP contribution < -0.4 is 5.32 Å². The molecule has 1 aromatic rings. The average molecular weight is 460 g/mol. The van der Waals surface area contributed by atoms with Gasteiger partial charge in [0.05, 0.1) is 0 Å². The summed E-state index contributed by atoms with van der Waals surface area (Å²) in [5, 5.41) is 3.13. The van der Waals surface area contributed by atoms with Crippen LogP contribution in [0.3, 0.4) is 0 Å². The first-order chi connectivity index (χ1) is 16.7. The molecule has 0 radical (unpaired) electrons. The van der Waals surface area contributed by atoms with Crippen molar-refractivity contribution >= 4 is 11.6 Å². The summed E-state index contributed by atoms with van der Waals surface area (Å²) < 4.78 is 0. The zero-order valence-corrected chi connectivity index (χ0v) is 21.6. The first kappa shape index (κ1) is 29.2. The molecule has 1 rings (SSSR count). The number of carbonyl (C=O) groups is 1. The Bertz CT molecular complexity index is 830. The molecule has 2 heteroatoms. The van der Waals surface area contributed by atoms with E-state index in [1.165, 1.54) is 11.1 Å². The van der Waals surface area contributed by atoms with Crippen LogP contribution in [-0.4, -0.2) is 5.91 Å². The Morgan fingerprint density at radius 1 is 0.647 bits per heavy atom. The van der Waals surface area contributed by atoms with E-state index < -0.39 is 0 Å². The van der Waals surface area contributed by atoms with E-state index in [0.717, 1.165) is 63.5 Å². The zero-order chi connectivity index (χ0) is 24.7. The molecule has 0 fully saturated rings. The molecule has 2 nitrogen and oxygen atoms in total. The monoisotopic (exact) mass is 459 g/mol. The molecule has 1 amide bonds. The predicted octanol–water partition coefficient (Wildman–Crippen LogP) is 9.23. The van der Waals surface area contributed by atoms with Crippen molar-refractivity contribution in [2.45, 2.75) is 85.0 Å². The zero-order valence-electron chi connectivity index (χ0n) is 21.6. The maximum atomic E-state index is 12.4. The van der Waals surface area contributed by atoms with Crippen LogP contribution in [0.4, 0.5) is 5.69 Å². The SMILES string of the molecule is CCC=CCC=CCC=CCC=CCC=CCC=CCCC(=O)Nc1c(CC)cccc1CC. The second kappa shape index (κ2) is 20.7. The molecule has 0 spiro atoms. The van der Waals surface area contributed by atoms with Crippen molar-refractivity contribution in [1.82, 2.24) is 0 Å². The van der Waals surface area contributed by atoms with E-state index in [1.807, 2.05) is 0 Å². The first-order valence-corrected chi connectivity index (χ1v) is 13.0. The van der Waals surface area contributed by atoms with Crippen molar-refractivity contribution in [3.63, 3.8) is 0 Å². The van der Waals surface area contributed by atoms with E-state index in [0.29, 0.717) is 6.42 Å². The highest BCUT2D eigenvalue weighted by Crippen LogP contribution is 2.22. The predicted molar refractivity (Wildman–Crippen MR) is 151 cm³/mol. The van der Waals surface area contributed by atoms with Gasteiger partial charge in [0.2, 0.25) is 5.91 Å². The largest absolute Gasteiger partial charge is 0.326 e. The fourth-order valence-corrected chi connectivity index (χ4v) is 3.46. The summed E-state index contributed by atoms with van der Waals surface area (Å²) in [5.41, 5.74) is 3.43. The fraction of sp³-hybridized carbons (Fsp3) is 0.406. The third-order valence-corrected chi connectivity index (χ3v) is 5.40. The number of amides is 1. The lowest BCUT2D eigenvalue weighted by molar-refractivity contribution is -0.116. The molecule has 1 aromatic carbocycles. The number of aryl methyl sites for hydroxylation is 2. The van der Waals surface area contributed by atoms with Gasteiger partial charge in [0.15, 0.2) is 0 Å². The number of carbonyl (C=O) groups excluding carboxylic acids is 1. The minimum Gasteiger partial charge on any atom is -0.326 e. The number of rotatable bonds is 17. The molecule has 0 heterocycles. The van der Waals surface area contributed by atoms with Crippen LogP contribution in [0.25, 0.3) is 0 Å². The third kappa shape index (κ3) is 14.3. The molecule has 0 aromatic heterocycles. The van der Waals surface area contributed by atoms with E-state index in [1.54, 1.807) is 0 Å². The summed E-state index contributed by atoms with van der Waals surface area (Å²) in [7, 11) is 0. The minimum atomic E-state index is 0.0927. The van der Waals surface area contributed by atoms with Gasteiger partial charge in [-0.2, -0.15) is 0 Å². The van der Waals surface area contributed by atoms with Gasteiger partial charge in [0.1, 0.15) is 0 Å². The highest BCUT2D eigenvalue weighted by Gasteiger charge is 2.09. The van der Waals surface area contributed by atoms with Gasteiger partial charge < -0.3 is 5.32 Å². The highest BCUT2D eigenvalue weighted by atomic mass is 16.1. The summed E-state index contributed by atoms with van der Waals surface area (Å²) in [5.74, 6) is 0.0927. The van der Waals surface area contributed by atoms with Gasteiger partial charge in [0.25, 0.3) is 0 Å². The second-order valence-corrected chi connectivity index (χ2v) is 8.16. The molecule has 1 N–H and O–H groups in total. The maximum Gasteiger partial charge on any atom is 0.224 e. The number of benzene rings is 1. The van der Waals surface area contributed by atoms with Crippen LogP contribution in [0.1, 0.15) is 83.3 Å². The normalized spacial score (nSPS) is 12.6. The Morgan fingerprint density at radius 2 is 1.06 bits per heavy atom. The molecular formula is C32H45NO.